The van der Waals surface area contributed by atoms with Gasteiger partial charge in [0.25, 0.3) is 0 Å². The van der Waals surface area contributed by atoms with E-state index in [0.717, 1.165) is 25.7 Å². The lowest BCUT2D eigenvalue weighted by Crippen LogP contribution is -2.32. The summed E-state index contributed by atoms with van der Waals surface area (Å²) in [5, 5.41) is 19.5. The highest BCUT2D eigenvalue weighted by atomic mass is 16.3. The minimum Gasteiger partial charge on any atom is -0.390 e. The van der Waals surface area contributed by atoms with Crippen molar-refractivity contribution in [2.24, 2.45) is 5.92 Å². The topological polar surface area (TPSA) is 40.5 Å². The summed E-state index contributed by atoms with van der Waals surface area (Å²) in [5.74, 6) is 0.230. The maximum absolute atomic E-state index is 9.80. The first-order valence-electron chi connectivity index (χ1n) is 5.64. The highest BCUT2D eigenvalue weighted by molar-refractivity contribution is 4.75. The Morgan fingerprint density at radius 2 is 1.79 bits per heavy atom. The van der Waals surface area contributed by atoms with Gasteiger partial charge >= 0.3 is 0 Å². The van der Waals surface area contributed by atoms with Gasteiger partial charge in [-0.3, -0.25) is 0 Å². The van der Waals surface area contributed by atoms with Crippen molar-refractivity contribution in [3.05, 3.63) is 12.7 Å². The molecule has 2 nitrogen and oxygen atoms in total. The average Bonchev–Trinajstić information content (AvgIpc) is 2.19. The Morgan fingerprint density at radius 1 is 1.21 bits per heavy atom. The van der Waals surface area contributed by atoms with Crippen LogP contribution in [0.5, 0.6) is 0 Å². The van der Waals surface area contributed by atoms with Gasteiger partial charge in [-0.15, -0.1) is 6.58 Å². The molecule has 0 aromatic carbocycles. The van der Waals surface area contributed by atoms with Gasteiger partial charge in [0.05, 0.1) is 12.2 Å². The summed E-state index contributed by atoms with van der Waals surface area (Å²) in [6.45, 7) is 7.72. The fraction of sp³-hybridized carbons (Fsp3) is 0.833. The molecular weight excluding hydrogens is 176 g/mol. The van der Waals surface area contributed by atoms with Crippen LogP contribution in [0, 0.1) is 5.92 Å². The molecule has 0 radical (unpaired) electrons. The monoisotopic (exact) mass is 200 g/mol. The van der Waals surface area contributed by atoms with Gasteiger partial charge in [-0.25, -0.2) is 0 Å². The van der Waals surface area contributed by atoms with Crippen LogP contribution in [0.2, 0.25) is 0 Å². The summed E-state index contributed by atoms with van der Waals surface area (Å²) in [6, 6.07) is 0. The second kappa shape index (κ2) is 8.01. The molecule has 0 aliphatic rings. The number of aliphatic hydroxyl groups is 2. The van der Waals surface area contributed by atoms with Crippen LogP contribution in [-0.4, -0.2) is 22.4 Å². The van der Waals surface area contributed by atoms with E-state index in [4.69, 9.17) is 0 Å². The third kappa shape index (κ3) is 4.77. The van der Waals surface area contributed by atoms with E-state index < -0.39 is 12.2 Å². The first-order chi connectivity index (χ1) is 6.67. The predicted octanol–water partition coefficient (Wildman–Crippen LogP) is 2.50. The molecule has 0 aliphatic carbocycles. The molecule has 0 saturated heterocycles. The van der Waals surface area contributed by atoms with Crippen LogP contribution in [0.15, 0.2) is 12.7 Å². The van der Waals surface area contributed by atoms with Crippen LogP contribution >= 0.6 is 0 Å². The second-order valence-electron chi connectivity index (χ2n) is 3.85. The van der Waals surface area contributed by atoms with E-state index in [1.54, 1.807) is 0 Å². The molecule has 2 atom stereocenters. The van der Waals surface area contributed by atoms with Crippen LogP contribution in [0.25, 0.3) is 0 Å². The Kier molecular flexibility index (Phi) is 7.81. The number of allylic oxidation sites excluding steroid dienone is 1. The van der Waals surface area contributed by atoms with Crippen molar-refractivity contribution in [3.63, 3.8) is 0 Å². The average molecular weight is 200 g/mol. The van der Waals surface area contributed by atoms with E-state index in [2.05, 4.69) is 6.58 Å². The van der Waals surface area contributed by atoms with Crippen molar-refractivity contribution in [2.45, 2.75) is 58.2 Å². The molecule has 0 amide bonds. The number of hydrogen-bond acceptors (Lipinski definition) is 2. The van der Waals surface area contributed by atoms with Crippen LogP contribution in [0.4, 0.5) is 0 Å². The third-order valence-corrected chi connectivity index (χ3v) is 2.83. The smallest absolute Gasteiger partial charge is 0.0826 e. The molecule has 0 aromatic rings. The third-order valence-electron chi connectivity index (χ3n) is 2.83. The quantitative estimate of drug-likeness (QED) is 0.467. The normalized spacial score (nSPS) is 15.5. The van der Waals surface area contributed by atoms with E-state index in [9.17, 15) is 10.2 Å². The molecule has 0 bridgehead atoms. The largest absolute Gasteiger partial charge is 0.390 e. The van der Waals surface area contributed by atoms with Crippen LogP contribution in [0.3, 0.4) is 0 Å². The second-order valence-corrected chi connectivity index (χ2v) is 3.85. The van der Waals surface area contributed by atoms with E-state index in [0.29, 0.717) is 6.42 Å². The van der Waals surface area contributed by atoms with Crippen LogP contribution < -0.4 is 0 Å². The molecule has 84 valence electrons. The van der Waals surface area contributed by atoms with Gasteiger partial charge in [0.1, 0.15) is 0 Å². The van der Waals surface area contributed by atoms with Crippen LogP contribution in [-0.2, 0) is 0 Å². The van der Waals surface area contributed by atoms with Crippen molar-refractivity contribution < 1.29 is 10.2 Å². The Bertz CT molecular complexity index is 141. The molecule has 0 spiro atoms. The molecule has 2 heteroatoms. The molecule has 0 aliphatic heterocycles. The Balaban J connectivity index is 3.83. The standard InChI is InChI=1S/C12H24O2/c1-4-7-8-9-11(13)12(14)10(5-2)6-3/h4,10-14H,1,5-9H2,2-3H3. The molecule has 2 unspecified atom stereocenters. The lowest BCUT2D eigenvalue weighted by Gasteiger charge is -2.24. The van der Waals surface area contributed by atoms with Crippen molar-refractivity contribution in [3.8, 4) is 0 Å². The van der Waals surface area contributed by atoms with Gasteiger partial charge < -0.3 is 10.2 Å². The molecule has 0 aromatic heterocycles. The van der Waals surface area contributed by atoms with Crippen LogP contribution in [0.1, 0.15) is 46.0 Å². The Labute approximate surface area is 87.7 Å². The molecule has 14 heavy (non-hydrogen) atoms. The van der Waals surface area contributed by atoms with Crippen molar-refractivity contribution in [1.82, 2.24) is 0 Å². The van der Waals surface area contributed by atoms with Gasteiger partial charge in [-0.1, -0.05) is 32.8 Å². The van der Waals surface area contributed by atoms with Crippen molar-refractivity contribution in [2.75, 3.05) is 0 Å². The van der Waals surface area contributed by atoms with E-state index in [1.807, 2.05) is 19.9 Å². The number of aliphatic hydroxyl groups excluding tert-OH is 2. The van der Waals surface area contributed by atoms with Gasteiger partial charge in [0, 0.05) is 0 Å². The highest BCUT2D eigenvalue weighted by Crippen LogP contribution is 2.18. The van der Waals surface area contributed by atoms with Gasteiger partial charge in [0.15, 0.2) is 0 Å². The first-order valence-corrected chi connectivity index (χ1v) is 5.64. The maximum Gasteiger partial charge on any atom is 0.0826 e. The summed E-state index contributed by atoms with van der Waals surface area (Å²) < 4.78 is 0. The SMILES string of the molecule is C=CCCCC(O)C(O)C(CC)CC. The number of unbranched alkanes of at least 4 members (excludes halogenated alkanes) is 1. The Hall–Kier alpha value is -0.340. The summed E-state index contributed by atoms with van der Waals surface area (Å²) in [6.07, 6.45) is 5.05. The Morgan fingerprint density at radius 3 is 2.21 bits per heavy atom. The highest BCUT2D eigenvalue weighted by Gasteiger charge is 2.22. The van der Waals surface area contributed by atoms with Crippen molar-refractivity contribution in [1.29, 1.82) is 0 Å². The fourth-order valence-corrected chi connectivity index (χ4v) is 1.73. The fourth-order valence-electron chi connectivity index (χ4n) is 1.73. The number of hydrogen-bond donors (Lipinski definition) is 2. The molecule has 0 saturated carbocycles. The molecule has 0 heterocycles. The minimum atomic E-state index is -0.570. The minimum absolute atomic E-state index is 0.230. The lowest BCUT2D eigenvalue weighted by atomic mass is 9.91. The van der Waals surface area contributed by atoms with E-state index in [-0.39, 0.29) is 5.92 Å². The van der Waals surface area contributed by atoms with Gasteiger partial charge in [0.2, 0.25) is 0 Å². The maximum atomic E-state index is 9.80. The summed E-state index contributed by atoms with van der Waals surface area (Å²) in [4.78, 5) is 0. The zero-order chi connectivity index (χ0) is 11.0. The first kappa shape index (κ1) is 13.7. The number of rotatable bonds is 8. The zero-order valence-corrected chi connectivity index (χ0v) is 9.45. The molecule has 0 rings (SSSR count). The molecule has 0 fully saturated rings. The van der Waals surface area contributed by atoms with E-state index in [1.165, 1.54) is 0 Å². The van der Waals surface area contributed by atoms with Gasteiger partial charge in [-0.05, 0) is 25.2 Å². The zero-order valence-electron chi connectivity index (χ0n) is 9.45. The molecule has 2 N–H and O–H groups in total. The predicted molar refractivity (Wildman–Crippen MR) is 60.1 cm³/mol. The summed E-state index contributed by atoms with van der Waals surface area (Å²) in [7, 11) is 0. The summed E-state index contributed by atoms with van der Waals surface area (Å²) in [5.41, 5.74) is 0. The van der Waals surface area contributed by atoms with Crippen molar-refractivity contribution >= 4 is 0 Å². The summed E-state index contributed by atoms with van der Waals surface area (Å²) >= 11 is 0. The van der Waals surface area contributed by atoms with Gasteiger partial charge in [-0.2, -0.15) is 0 Å². The lowest BCUT2D eigenvalue weighted by molar-refractivity contribution is -0.0238. The molecular formula is C12H24O2. The van der Waals surface area contributed by atoms with E-state index >= 15 is 0 Å².